The van der Waals surface area contributed by atoms with Crippen LogP contribution >= 0.6 is 0 Å². The number of aromatic amines is 1. The standard InChI is InChI=1S/C11H19N3O/c1-3-4-6-15-7-5-12-8-11-9-13-10(2)14-11/h3,9,12H,1,4-8H2,2H3,(H,13,14). The van der Waals surface area contributed by atoms with Crippen molar-refractivity contribution in [2.45, 2.75) is 19.9 Å². The van der Waals surface area contributed by atoms with Gasteiger partial charge in [0.05, 0.1) is 13.2 Å². The van der Waals surface area contributed by atoms with Gasteiger partial charge in [-0.3, -0.25) is 0 Å². The third-order valence-electron chi connectivity index (χ3n) is 1.96. The number of hydrogen-bond donors (Lipinski definition) is 2. The highest BCUT2D eigenvalue weighted by molar-refractivity contribution is 4.98. The Balaban J connectivity index is 1.95. The van der Waals surface area contributed by atoms with E-state index < -0.39 is 0 Å². The van der Waals surface area contributed by atoms with Crippen LogP contribution in [0.15, 0.2) is 18.9 Å². The minimum absolute atomic E-state index is 0.737. The van der Waals surface area contributed by atoms with Crippen LogP contribution in [0.25, 0.3) is 0 Å². The van der Waals surface area contributed by atoms with Crippen LogP contribution in [0.4, 0.5) is 0 Å². The monoisotopic (exact) mass is 209 g/mol. The lowest BCUT2D eigenvalue weighted by molar-refractivity contribution is 0.140. The summed E-state index contributed by atoms with van der Waals surface area (Å²) in [5, 5.41) is 3.27. The minimum Gasteiger partial charge on any atom is -0.380 e. The molecule has 4 nitrogen and oxygen atoms in total. The van der Waals surface area contributed by atoms with Gasteiger partial charge in [-0.1, -0.05) is 6.08 Å². The predicted octanol–water partition coefficient (Wildman–Crippen LogP) is 1.40. The van der Waals surface area contributed by atoms with Crippen LogP contribution in [-0.2, 0) is 11.3 Å². The van der Waals surface area contributed by atoms with Gasteiger partial charge in [-0.05, 0) is 13.3 Å². The highest BCUT2D eigenvalue weighted by atomic mass is 16.5. The fraction of sp³-hybridized carbons (Fsp3) is 0.545. The van der Waals surface area contributed by atoms with Crippen molar-refractivity contribution in [3.63, 3.8) is 0 Å². The number of hydrogen-bond acceptors (Lipinski definition) is 3. The summed E-state index contributed by atoms with van der Waals surface area (Å²) >= 11 is 0. The Morgan fingerprint density at radius 3 is 3.13 bits per heavy atom. The molecule has 0 bridgehead atoms. The normalized spacial score (nSPS) is 10.5. The first-order valence-corrected chi connectivity index (χ1v) is 5.22. The maximum absolute atomic E-state index is 5.36. The highest BCUT2D eigenvalue weighted by Gasteiger charge is 1.95. The molecule has 15 heavy (non-hydrogen) atoms. The van der Waals surface area contributed by atoms with Gasteiger partial charge in [0.1, 0.15) is 5.82 Å². The quantitative estimate of drug-likeness (QED) is 0.502. The van der Waals surface area contributed by atoms with Gasteiger partial charge in [0.15, 0.2) is 0 Å². The van der Waals surface area contributed by atoms with Crippen molar-refractivity contribution in [2.75, 3.05) is 19.8 Å². The fourth-order valence-electron chi connectivity index (χ4n) is 1.20. The van der Waals surface area contributed by atoms with Crippen LogP contribution in [0.2, 0.25) is 0 Å². The van der Waals surface area contributed by atoms with Crippen LogP contribution in [0.1, 0.15) is 17.9 Å². The summed E-state index contributed by atoms with van der Waals surface area (Å²) in [4.78, 5) is 7.28. The Morgan fingerprint density at radius 2 is 2.47 bits per heavy atom. The predicted molar refractivity (Wildman–Crippen MR) is 60.7 cm³/mol. The molecular formula is C11H19N3O. The number of H-pyrrole nitrogens is 1. The van der Waals surface area contributed by atoms with E-state index in [9.17, 15) is 0 Å². The molecule has 1 heterocycles. The molecule has 0 radical (unpaired) electrons. The largest absolute Gasteiger partial charge is 0.380 e. The molecule has 4 heteroatoms. The molecule has 0 saturated carbocycles. The van der Waals surface area contributed by atoms with Crippen molar-refractivity contribution in [1.82, 2.24) is 15.3 Å². The smallest absolute Gasteiger partial charge is 0.103 e. The molecule has 0 aromatic carbocycles. The number of nitrogens with zero attached hydrogens (tertiary/aromatic N) is 1. The second-order valence-corrected chi connectivity index (χ2v) is 3.36. The molecule has 0 spiro atoms. The van der Waals surface area contributed by atoms with Gasteiger partial charge >= 0.3 is 0 Å². The Hall–Kier alpha value is -1.13. The molecule has 0 unspecified atom stereocenters. The first-order valence-electron chi connectivity index (χ1n) is 5.22. The SMILES string of the molecule is C=CCCOCCNCc1cnc(C)[nH]1. The van der Waals surface area contributed by atoms with E-state index in [0.717, 1.165) is 44.2 Å². The number of aromatic nitrogens is 2. The van der Waals surface area contributed by atoms with Crippen molar-refractivity contribution >= 4 is 0 Å². The second kappa shape index (κ2) is 7.20. The summed E-state index contributed by atoms with van der Waals surface area (Å²) in [5.41, 5.74) is 1.11. The lowest BCUT2D eigenvalue weighted by atomic mass is 10.4. The van der Waals surface area contributed by atoms with Gasteiger partial charge < -0.3 is 15.0 Å². The molecule has 1 aromatic heterocycles. The Bertz CT molecular complexity index is 283. The van der Waals surface area contributed by atoms with Crippen LogP contribution in [-0.4, -0.2) is 29.7 Å². The minimum atomic E-state index is 0.737. The number of aryl methyl sites for hydroxylation is 1. The molecule has 0 fully saturated rings. The van der Waals surface area contributed by atoms with E-state index in [4.69, 9.17) is 4.74 Å². The van der Waals surface area contributed by atoms with Crippen LogP contribution in [0, 0.1) is 6.92 Å². The van der Waals surface area contributed by atoms with E-state index in [1.807, 2.05) is 19.2 Å². The molecule has 0 aliphatic heterocycles. The maximum atomic E-state index is 5.36. The summed E-state index contributed by atoms with van der Waals surface area (Å²) in [6.07, 6.45) is 4.63. The van der Waals surface area contributed by atoms with Crippen LogP contribution in [0.3, 0.4) is 0 Å². The number of imidazole rings is 1. The second-order valence-electron chi connectivity index (χ2n) is 3.36. The van der Waals surface area contributed by atoms with Crippen LogP contribution < -0.4 is 5.32 Å². The van der Waals surface area contributed by atoms with E-state index >= 15 is 0 Å². The molecule has 2 N–H and O–H groups in total. The van der Waals surface area contributed by atoms with Gasteiger partial charge in [0, 0.05) is 25.0 Å². The first kappa shape index (κ1) is 11.9. The maximum Gasteiger partial charge on any atom is 0.103 e. The molecule has 0 amide bonds. The van der Waals surface area contributed by atoms with Crippen molar-refractivity contribution in [1.29, 1.82) is 0 Å². The van der Waals surface area contributed by atoms with E-state index in [0.29, 0.717) is 0 Å². The third kappa shape index (κ3) is 5.34. The molecule has 1 rings (SSSR count). The molecule has 0 aliphatic carbocycles. The zero-order chi connectivity index (χ0) is 10.9. The lowest BCUT2D eigenvalue weighted by Gasteiger charge is -2.03. The average molecular weight is 209 g/mol. The summed E-state index contributed by atoms with van der Waals surface area (Å²) in [7, 11) is 0. The Labute approximate surface area is 90.8 Å². The lowest BCUT2D eigenvalue weighted by Crippen LogP contribution is -2.19. The van der Waals surface area contributed by atoms with Gasteiger partial charge in [-0.2, -0.15) is 0 Å². The van der Waals surface area contributed by atoms with E-state index in [1.54, 1.807) is 0 Å². The van der Waals surface area contributed by atoms with Gasteiger partial charge in [0.25, 0.3) is 0 Å². The summed E-state index contributed by atoms with van der Waals surface area (Å²) in [6.45, 7) is 8.74. The van der Waals surface area contributed by atoms with E-state index in [1.165, 1.54) is 0 Å². The van der Waals surface area contributed by atoms with Gasteiger partial charge in [-0.25, -0.2) is 4.98 Å². The van der Waals surface area contributed by atoms with Crippen molar-refractivity contribution in [3.8, 4) is 0 Å². The zero-order valence-corrected chi connectivity index (χ0v) is 9.25. The third-order valence-corrected chi connectivity index (χ3v) is 1.96. The highest BCUT2D eigenvalue weighted by Crippen LogP contribution is 1.93. The zero-order valence-electron chi connectivity index (χ0n) is 9.25. The first-order chi connectivity index (χ1) is 7.33. The number of rotatable bonds is 8. The molecule has 84 valence electrons. The summed E-state index contributed by atoms with van der Waals surface area (Å²) in [5.74, 6) is 0.953. The average Bonchev–Trinajstić information content (AvgIpc) is 2.63. The molecular weight excluding hydrogens is 190 g/mol. The van der Waals surface area contributed by atoms with Gasteiger partial charge in [0.2, 0.25) is 0 Å². The van der Waals surface area contributed by atoms with Gasteiger partial charge in [-0.15, -0.1) is 6.58 Å². The molecule has 0 aliphatic rings. The fourth-order valence-corrected chi connectivity index (χ4v) is 1.20. The number of nitrogens with one attached hydrogen (secondary N) is 2. The molecule has 0 atom stereocenters. The summed E-state index contributed by atoms with van der Waals surface area (Å²) < 4.78 is 5.36. The van der Waals surface area contributed by atoms with Crippen molar-refractivity contribution < 1.29 is 4.74 Å². The van der Waals surface area contributed by atoms with Crippen molar-refractivity contribution in [3.05, 3.63) is 30.4 Å². The summed E-state index contributed by atoms with van der Waals surface area (Å²) in [6, 6.07) is 0. The van der Waals surface area contributed by atoms with Crippen LogP contribution in [0.5, 0.6) is 0 Å². The number of ether oxygens (including phenoxy) is 1. The van der Waals surface area contributed by atoms with E-state index in [-0.39, 0.29) is 0 Å². The van der Waals surface area contributed by atoms with E-state index in [2.05, 4.69) is 21.9 Å². The topological polar surface area (TPSA) is 49.9 Å². The molecule has 0 saturated heterocycles. The van der Waals surface area contributed by atoms with Crippen molar-refractivity contribution in [2.24, 2.45) is 0 Å². The Morgan fingerprint density at radius 1 is 1.60 bits per heavy atom. The Kier molecular flexibility index (Phi) is 5.73. The molecule has 1 aromatic rings.